The first-order valence-electron chi connectivity index (χ1n) is 14.7. The maximum Gasteiger partial charge on any atom is 0.0943 e. The van der Waals surface area contributed by atoms with Gasteiger partial charge < -0.3 is 10.6 Å². The summed E-state index contributed by atoms with van der Waals surface area (Å²) in [5, 5.41) is 7.73. The van der Waals surface area contributed by atoms with E-state index in [9.17, 15) is 0 Å². The average molecular weight is 518 g/mol. The van der Waals surface area contributed by atoms with Crippen LogP contribution in [0.15, 0.2) is 78.9 Å². The van der Waals surface area contributed by atoms with E-state index in [0.29, 0.717) is 17.8 Å². The topological polar surface area (TPSA) is 37.0 Å². The monoisotopic (exact) mass is 517 g/mol. The minimum atomic E-state index is -0.0755. The molecule has 0 aliphatic carbocycles. The number of aryl methyl sites for hydroxylation is 1. The van der Waals surface area contributed by atoms with Crippen molar-refractivity contribution in [3.8, 4) is 11.3 Å². The van der Waals surface area contributed by atoms with Crippen LogP contribution in [0, 0.1) is 0 Å². The Hall–Kier alpha value is -3.59. The predicted molar refractivity (Wildman–Crippen MR) is 167 cm³/mol. The van der Waals surface area contributed by atoms with Crippen molar-refractivity contribution in [3.63, 3.8) is 0 Å². The fraction of sp³-hybridized carbons (Fsp3) is 0.361. The number of anilines is 2. The lowest BCUT2D eigenvalue weighted by atomic mass is 9.88. The lowest BCUT2D eigenvalue weighted by Gasteiger charge is -2.29. The third-order valence-corrected chi connectivity index (χ3v) is 8.01. The number of fused-ring (bicyclic) bond motifs is 1. The van der Waals surface area contributed by atoms with Crippen molar-refractivity contribution in [1.82, 2.24) is 4.98 Å². The molecule has 0 amide bonds. The van der Waals surface area contributed by atoms with Gasteiger partial charge in [0.15, 0.2) is 0 Å². The predicted octanol–water partition coefficient (Wildman–Crippen LogP) is 9.68. The zero-order chi connectivity index (χ0) is 27.5. The van der Waals surface area contributed by atoms with Gasteiger partial charge in [-0.15, -0.1) is 0 Å². The van der Waals surface area contributed by atoms with E-state index in [1.165, 1.54) is 51.2 Å². The number of rotatable bonds is 8. The number of para-hydroxylation sites is 2. The Kier molecular flexibility index (Phi) is 8.07. The smallest absolute Gasteiger partial charge is 0.0943 e. The summed E-state index contributed by atoms with van der Waals surface area (Å²) in [4.78, 5) is 5.37. The minimum Gasteiger partial charge on any atom is -0.384 e. The van der Waals surface area contributed by atoms with Crippen molar-refractivity contribution in [2.75, 3.05) is 17.2 Å². The van der Waals surface area contributed by atoms with Gasteiger partial charge in [-0.25, -0.2) is 0 Å². The van der Waals surface area contributed by atoms with Gasteiger partial charge in [-0.2, -0.15) is 0 Å². The third-order valence-electron chi connectivity index (χ3n) is 8.01. The molecule has 1 aliphatic heterocycles. The maximum absolute atomic E-state index is 5.37. The van der Waals surface area contributed by atoms with Crippen LogP contribution in [0.25, 0.3) is 11.3 Å². The van der Waals surface area contributed by atoms with Crippen molar-refractivity contribution < 1.29 is 0 Å². The number of pyridine rings is 1. The normalized spacial score (nSPS) is 13.9. The highest BCUT2D eigenvalue weighted by atomic mass is 15.0. The Bertz CT molecular complexity index is 1410. The highest BCUT2D eigenvalue weighted by Gasteiger charge is 2.24. The first-order valence-corrected chi connectivity index (χ1v) is 14.7. The van der Waals surface area contributed by atoms with Crippen molar-refractivity contribution in [3.05, 3.63) is 112 Å². The highest BCUT2D eigenvalue weighted by Crippen LogP contribution is 2.39. The van der Waals surface area contributed by atoms with Crippen molar-refractivity contribution >= 4 is 11.4 Å². The van der Waals surface area contributed by atoms with Crippen LogP contribution in [0.2, 0.25) is 0 Å². The molecule has 0 bridgehead atoms. The number of hydrogen-bond donors (Lipinski definition) is 2. The zero-order valence-electron chi connectivity index (χ0n) is 24.4. The number of nitrogens with zero attached hydrogens (tertiary/aromatic N) is 1. The van der Waals surface area contributed by atoms with Crippen LogP contribution >= 0.6 is 0 Å². The number of hydrogen-bond acceptors (Lipinski definition) is 3. The van der Waals surface area contributed by atoms with E-state index in [-0.39, 0.29) is 6.04 Å². The summed E-state index contributed by atoms with van der Waals surface area (Å²) in [6.45, 7) is 14.7. The van der Waals surface area contributed by atoms with Gasteiger partial charge in [-0.05, 0) is 70.5 Å². The molecule has 2 heterocycles. The molecule has 0 fully saturated rings. The van der Waals surface area contributed by atoms with E-state index in [4.69, 9.17) is 4.98 Å². The summed E-state index contributed by atoms with van der Waals surface area (Å²) in [5.41, 5.74) is 12.5. The van der Waals surface area contributed by atoms with Gasteiger partial charge in [0, 0.05) is 23.5 Å². The van der Waals surface area contributed by atoms with Crippen molar-refractivity contribution in [1.29, 1.82) is 0 Å². The van der Waals surface area contributed by atoms with E-state index in [1.807, 2.05) is 0 Å². The maximum atomic E-state index is 5.37. The lowest BCUT2D eigenvalue weighted by molar-refractivity contribution is 0.788. The molecule has 5 rings (SSSR count). The lowest BCUT2D eigenvalue weighted by Crippen LogP contribution is -2.19. The fourth-order valence-corrected chi connectivity index (χ4v) is 5.96. The van der Waals surface area contributed by atoms with Crippen molar-refractivity contribution in [2.45, 2.75) is 78.2 Å². The molecule has 3 nitrogen and oxygen atoms in total. The Morgan fingerprint density at radius 3 is 1.97 bits per heavy atom. The van der Waals surface area contributed by atoms with Crippen LogP contribution in [0.3, 0.4) is 0 Å². The molecule has 1 aliphatic rings. The molecule has 0 radical (unpaired) electrons. The molecule has 0 saturated heterocycles. The summed E-state index contributed by atoms with van der Waals surface area (Å²) in [5.74, 6) is 1.23. The van der Waals surface area contributed by atoms with Gasteiger partial charge in [-0.1, -0.05) is 108 Å². The van der Waals surface area contributed by atoms with E-state index in [1.54, 1.807) is 0 Å². The molecule has 2 N–H and O–H groups in total. The second-order valence-electron chi connectivity index (χ2n) is 11.8. The Labute approximate surface area is 235 Å². The molecule has 3 aromatic carbocycles. The summed E-state index contributed by atoms with van der Waals surface area (Å²) in [6.07, 6.45) is 2.29. The van der Waals surface area contributed by atoms with Crippen LogP contribution in [0.5, 0.6) is 0 Å². The standard InChI is InChI=1S/C36H43N3/c1-23(2)27-15-7-8-16-30(27)36(39-35-28(24(3)4)17-10-18-29(35)25(5)6)33-21-11-20-32(38-33)31-19-9-13-26-14-12-22-37-34(26)31/h7-11,13,15-21,23-25,36-37,39H,12,14,22H2,1-6H3/t36-/m0/s1. The van der Waals surface area contributed by atoms with Crippen LogP contribution in [0.1, 0.15) is 105 Å². The summed E-state index contributed by atoms with van der Waals surface area (Å²) in [6, 6.07) is 28.7. The summed E-state index contributed by atoms with van der Waals surface area (Å²) < 4.78 is 0. The largest absolute Gasteiger partial charge is 0.384 e. The summed E-state index contributed by atoms with van der Waals surface area (Å²) >= 11 is 0. The molecular formula is C36H43N3. The van der Waals surface area contributed by atoms with Crippen molar-refractivity contribution in [2.24, 2.45) is 0 Å². The van der Waals surface area contributed by atoms with Gasteiger partial charge in [0.1, 0.15) is 0 Å². The molecule has 0 saturated carbocycles. The first kappa shape index (κ1) is 27.0. The second-order valence-corrected chi connectivity index (χ2v) is 11.8. The van der Waals surface area contributed by atoms with Gasteiger partial charge in [0.25, 0.3) is 0 Å². The SMILES string of the molecule is CC(C)c1ccccc1[C@H](Nc1c(C(C)C)cccc1C(C)C)c1cccc(-c2cccc3c2NCCC3)n1. The van der Waals surface area contributed by atoms with E-state index >= 15 is 0 Å². The van der Waals surface area contributed by atoms with Gasteiger partial charge in [0.05, 0.1) is 17.4 Å². The second kappa shape index (κ2) is 11.7. The molecule has 0 unspecified atom stereocenters. The van der Waals surface area contributed by atoms with Crippen LogP contribution < -0.4 is 10.6 Å². The zero-order valence-corrected chi connectivity index (χ0v) is 24.4. The minimum absolute atomic E-state index is 0.0755. The van der Waals surface area contributed by atoms with Gasteiger partial charge >= 0.3 is 0 Å². The Morgan fingerprint density at radius 1 is 0.667 bits per heavy atom. The number of nitrogens with one attached hydrogen (secondary N) is 2. The molecule has 4 aromatic rings. The van der Waals surface area contributed by atoms with Crippen LogP contribution in [0.4, 0.5) is 11.4 Å². The molecule has 1 aromatic heterocycles. The van der Waals surface area contributed by atoms with Crippen LogP contribution in [-0.4, -0.2) is 11.5 Å². The highest BCUT2D eigenvalue weighted by molar-refractivity contribution is 5.79. The third kappa shape index (κ3) is 5.59. The van der Waals surface area contributed by atoms with Gasteiger partial charge in [-0.3, -0.25) is 4.98 Å². The van der Waals surface area contributed by atoms with Gasteiger partial charge in [0.2, 0.25) is 0 Å². The molecule has 1 atom stereocenters. The van der Waals surface area contributed by atoms with E-state index in [2.05, 4.69) is 131 Å². The number of aromatic nitrogens is 1. The molecule has 3 heteroatoms. The Balaban J connectivity index is 1.68. The summed E-state index contributed by atoms with van der Waals surface area (Å²) in [7, 11) is 0. The molecule has 39 heavy (non-hydrogen) atoms. The molecule has 0 spiro atoms. The number of benzene rings is 3. The first-order chi connectivity index (χ1) is 18.8. The van der Waals surface area contributed by atoms with E-state index < -0.39 is 0 Å². The average Bonchev–Trinajstić information content (AvgIpc) is 2.95. The molecular weight excluding hydrogens is 474 g/mol. The molecule has 202 valence electrons. The quantitative estimate of drug-likeness (QED) is 0.244. The van der Waals surface area contributed by atoms with E-state index in [0.717, 1.165) is 24.4 Å². The van der Waals surface area contributed by atoms with Crippen LogP contribution in [-0.2, 0) is 6.42 Å². The fourth-order valence-electron chi connectivity index (χ4n) is 5.96. The Morgan fingerprint density at radius 2 is 1.28 bits per heavy atom.